The number of hydrogen-bond acceptors (Lipinski definition) is 4. The van der Waals surface area contributed by atoms with Gasteiger partial charge in [-0.05, 0) is 55.7 Å². The number of para-hydroxylation sites is 1. The highest BCUT2D eigenvalue weighted by Crippen LogP contribution is 2.24. The molecule has 0 saturated heterocycles. The van der Waals surface area contributed by atoms with Gasteiger partial charge in [0.15, 0.2) is 6.79 Å². The lowest BCUT2D eigenvalue weighted by molar-refractivity contribution is -0.137. The summed E-state index contributed by atoms with van der Waals surface area (Å²) in [6.45, 7) is 2.64. The fraction of sp³-hybridized carbons (Fsp3) is 0.273. The van der Waals surface area contributed by atoms with E-state index >= 15 is 0 Å². The van der Waals surface area contributed by atoms with Gasteiger partial charge in [-0.25, -0.2) is 0 Å². The number of carboxylic acid groups (broad SMARTS) is 1. The number of rotatable bonds is 9. The number of aromatic nitrogens is 1. The standard InChI is InChI=1S/C22H23NO5/c1-2-27-15-28-18-12-10-16(11-13-18)22(26)23-14-17(6-5-9-21(24)25)19-7-3-4-8-20(19)23/h3-4,7-8,10-14H,2,5-6,9,15H2,1H3,(H,24,25). The lowest BCUT2D eigenvalue weighted by Crippen LogP contribution is -2.10. The minimum atomic E-state index is -0.813. The number of benzene rings is 2. The lowest BCUT2D eigenvalue weighted by Gasteiger charge is -2.07. The first-order chi connectivity index (χ1) is 13.6. The molecule has 6 nitrogen and oxygen atoms in total. The first-order valence-electron chi connectivity index (χ1n) is 9.26. The fourth-order valence-corrected chi connectivity index (χ4v) is 3.07. The smallest absolute Gasteiger partial charge is 0.303 e. The molecular weight excluding hydrogens is 358 g/mol. The van der Waals surface area contributed by atoms with Crippen molar-refractivity contribution < 1.29 is 24.2 Å². The van der Waals surface area contributed by atoms with Gasteiger partial charge in [-0.2, -0.15) is 0 Å². The number of fused-ring (bicyclic) bond motifs is 1. The molecule has 0 saturated carbocycles. The topological polar surface area (TPSA) is 77.8 Å². The van der Waals surface area contributed by atoms with Crippen LogP contribution in [0.2, 0.25) is 0 Å². The molecule has 1 aromatic heterocycles. The van der Waals surface area contributed by atoms with Crippen LogP contribution in [0.1, 0.15) is 35.7 Å². The first kappa shape index (κ1) is 19.6. The Morgan fingerprint density at radius 1 is 1.07 bits per heavy atom. The van der Waals surface area contributed by atoms with Gasteiger partial charge in [0.05, 0.1) is 5.52 Å². The molecule has 0 radical (unpaired) electrons. The Kier molecular flexibility index (Phi) is 6.45. The van der Waals surface area contributed by atoms with Gasteiger partial charge in [-0.15, -0.1) is 0 Å². The number of aryl methyl sites for hydroxylation is 1. The van der Waals surface area contributed by atoms with Crippen molar-refractivity contribution in [3.8, 4) is 5.75 Å². The molecule has 3 rings (SSSR count). The fourth-order valence-electron chi connectivity index (χ4n) is 3.07. The molecule has 0 spiro atoms. The third kappa shape index (κ3) is 4.58. The molecule has 146 valence electrons. The number of hydrogen-bond donors (Lipinski definition) is 1. The summed E-state index contributed by atoms with van der Waals surface area (Å²) in [5.74, 6) is -0.319. The summed E-state index contributed by atoms with van der Waals surface area (Å²) in [4.78, 5) is 23.8. The number of carbonyl (C=O) groups is 2. The third-order valence-corrected chi connectivity index (χ3v) is 4.46. The third-order valence-electron chi connectivity index (χ3n) is 4.46. The second-order valence-corrected chi connectivity index (χ2v) is 6.37. The molecule has 6 heteroatoms. The van der Waals surface area contributed by atoms with Crippen LogP contribution in [-0.4, -0.2) is 34.9 Å². The minimum absolute atomic E-state index is 0.108. The second-order valence-electron chi connectivity index (χ2n) is 6.37. The van der Waals surface area contributed by atoms with Gasteiger partial charge in [0.2, 0.25) is 0 Å². The van der Waals surface area contributed by atoms with E-state index in [1.54, 1.807) is 28.8 Å². The summed E-state index contributed by atoms with van der Waals surface area (Å²) in [5.41, 5.74) is 2.33. The highest BCUT2D eigenvalue weighted by Gasteiger charge is 2.15. The quantitative estimate of drug-likeness (QED) is 0.446. The van der Waals surface area contributed by atoms with Crippen LogP contribution in [0.3, 0.4) is 0 Å². The maximum absolute atomic E-state index is 13.0. The summed E-state index contributed by atoms with van der Waals surface area (Å²) in [6.07, 6.45) is 3.06. The van der Waals surface area contributed by atoms with E-state index in [0.717, 1.165) is 16.5 Å². The van der Waals surface area contributed by atoms with Crippen LogP contribution < -0.4 is 4.74 Å². The molecule has 0 atom stereocenters. The van der Waals surface area contributed by atoms with Crippen molar-refractivity contribution in [2.75, 3.05) is 13.4 Å². The molecule has 0 amide bonds. The Morgan fingerprint density at radius 2 is 1.82 bits per heavy atom. The summed E-state index contributed by atoms with van der Waals surface area (Å²) >= 11 is 0. The molecule has 0 aliphatic rings. The van der Waals surface area contributed by atoms with Gasteiger partial charge >= 0.3 is 5.97 Å². The van der Waals surface area contributed by atoms with Crippen LogP contribution >= 0.6 is 0 Å². The Morgan fingerprint density at radius 3 is 2.54 bits per heavy atom. The van der Waals surface area contributed by atoms with Gasteiger partial charge in [0.25, 0.3) is 5.91 Å². The van der Waals surface area contributed by atoms with E-state index in [9.17, 15) is 9.59 Å². The van der Waals surface area contributed by atoms with Crippen LogP contribution in [0.5, 0.6) is 5.75 Å². The van der Waals surface area contributed by atoms with E-state index in [0.29, 0.717) is 30.8 Å². The highest BCUT2D eigenvalue weighted by molar-refractivity contribution is 6.03. The molecule has 0 aliphatic heterocycles. The molecule has 0 unspecified atom stereocenters. The van der Waals surface area contributed by atoms with Crippen LogP contribution in [0.4, 0.5) is 0 Å². The van der Waals surface area contributed by atoms with E-state index in [1.165, 1.54) is 0 Å². The SMILES string of the molecule is CCOCOc1ccc(C(=O)n2cc(CCCC(=O)O)c3ccccc32)cc1. The lowest BCUT2D eigenvalue weighted by atomic mass is 10.1. The molecule has 0 fully saturated rings. The van der Waals surface area contributed by atoms with Crippen molar-refractivity contribution in [3.63, 3.8) is 0 Å². The van der Waals surface area contributed by atoms with Gasteiger partial charge in [-0.1, -0.05) is 18.2 Å². The zero-order valence-corrected chi connectivity index (χ0v) is 15.8. The summed E-state index contributed by atoms with van der Waals surface area (Å²) in [5, 5.41) is 9.83. The van der Waals surface area contributed by atoms with Gasteiger partial charge < -0.3 is 14.6 Å². The van der Waals surface area contributed by atoms with E-state index in [4.69, 9.17) is 14.6 Å². The number of aliphatic carboxylic acids is 1. The number of ether oxygens (including phenoxy) is 2. The Labute approximate surface area is 163 Å². The largest absolute Gasteiger partial charge is 0.481 e. The highest BCUT2D eigenvalue weighted by atomic mass is 16.7. The Balaban J connectivity index is 1.82. The predicted octanol–water partition coefficient (Wildman–Crippen LogP) is 4.11. The molecule has 1 N–H and O–H groups in total. The van der Waals surface area contributed by atoms with Crippen LogP contribution in [0.25, 0.3) is 10.9 Å². The normalized spacial score (nSPS) is 10.9. The first-order valence-corrected chi connectivity index (χ1v) is 9.26. The maximum atomic E-state index is 13.0. The van der Waals surface area contributed by atoms with E-state index in [-0.39, 0.29) is 19.1 Å². The molecule has 28 heavy (non-hydrogen) atoms. The molecule has 1 heterocycles. The minimum Gasteiger partial charge on any atom is -0.481 e. The molecular formula is C22H23NO5. The maximum Gasteiger partial charge on any atom is 0.303 e. The molecule has 2 aromatic carbocycles. The van der Waals surface area contributed by atoms with Crippen molar-refractivity contribution in [2.24, 2.45) is 0 Å². The van der Waals surface area contributed by atoms with Gasteiger partial charge in [-0.3, -0.25) is 14.2 Å². The summed E-state index contributed by atoms with van der Waals surface area (Å²) < 4.78 is 12.2. The second kappa shape index (κ2) is 9.19. The monoisotopic (exact) mass is 381 g/mol. The van der Waals surface area contributed by atoms with Gasteiger partial charge in [0, 0.05) is 30.2 Å². The Bertz CT molecular complexity index is 959. The van der Waals surface area contributed by atoms with E-state index in [2.05, 4.69) is 0 Å². The van der Waals surface area contributed by atoms with Crippen molar-refractivity contribution in [2.45, 2.75) is 26.2 Å². The number of carboxylic acids is 1. The average Bonchev–Trinajstić information content (AvgIpc) is 3.07. The van der Waals surface area contributed by atoms with E-state index < -0.39 is 5.97 Å². The summed E-state index contributed by atoms with van der Waals surface area (Å²) in [6, 6.07) is 14.6. The number of nitrogens with zero attached hydrogens (tertiary/aromatic N) is 1. The van der Waals surface area contributed by atoms with Crippen molar-refractivity contribution >= 4 is 22.8 Å². The van der Waals surface area contributed by atoms with E-state index in [1.807, 2.05) is 37.4 Å². The van der Waals surface area contributed by atoms with Crippen molar-refractivity contribution in [1.29, 1.82) is 0 Å². The van der Waals surface area contributed by atoms with Crippen molar-refractivity contribution in [1.82, 2.24) is 4.57 Å². The Hall–Kier alpha value is -3.12. The molecule has 3 aromatic rings. The number of carbonyl (C=O) groups excluding carboxylic acids is 1. The van der Waals surface area contributed by atoms with Gasteiger partial charge in [0.1, 0.15) is 5.75 Å². The van der Waals surface area contributed by atoms with Crippen LogP contribution in [0, 0.1) is 0 Å². The zero-order valence-electron chi connectivity index (χ0n) is 15.8. The van der Waals surface area contributed by atoms with Crippen LogP contribution in [0.15, 0.2) is 54.7 Å². The van der Waals surface area contributed by atoms with Crippen molar-refractivity contribution in [3.05, 3.63) is 65.9 Å². The predicted molar refractivity (Wildman–Crippen MR) is 106 cm³/mol. The van der Waals surface area contributed by atoms with Crippen LogP contribution in [-0.2, 0) is 16.0 Å². The zero-order chi connectivity index (χ0) is 19.9. The molecule has 0 aliphatic carbocycles. The molecule has 0 bridgehead atoms. The average molecular weight is 381 g/mol. The summed E-state index contributed by atoms with van der Waals surface area (Å²) in [7, 11) is 0.